The number of carboxylic acid groups (broad SMARTS) is 1. The Morgan fingerprint density at radius 2 is 1.70 bits per heavy atom. The molecule has 2 saturated carbocycles. The van der Waals surface area contributed by atoms with Crippen LogP contribution in [-0.4, -0.2) is 23.9 Å². The summed E-state index contributed by atoms with van der Waals surface area (Å²) >= 11 is 1.47. The summed E-state index contributed by atoms with van der Waals surface area (Å²) < 4.78 is 34.2. The molecule has 0 saturated heterocycles. The number of hydrogen-bond acceptors (Lipinski definition) is 3. The molecular weight excluding hydrogens is 406 g/mol. The normalized spacial score (nSPS) is 26.5. The van der Waals surface area contributed by atoms with Crippen molar-refractivity contribution in [1.29, 1.82) is 0 Å². The van der Waals surface area contributed by atoms with Gasteiger partial charge >= 0.3 is 5.97 Å². The second kappa shape index (κ2) is 8.31. The van der Waals surface area contributed by atoms with Crippen molar-refractivity contribution in [2.75, 3.05) is 12.9 Å². The van der Waals surface area contributed by atoms with Crippen LogP contribution in [0.15, 0.2) is 47.4 Å². The molecule has 160 valence electrons. The van der Waals surface area contributed by atoms with Crippen LogP contribution in [0, 0.1) is 17.6 Å². The number of thioether (sulfide) groups is 1. The lowest BCUT2D eigenvalue weighted by molar-refractivity contribution is -0.151. The van der Waals surface area contributed by atoms with Gasteiger partial charge in [0.15, 0.2) is 0 Å². The van der Waals surface area contributed by atoms with E-state index in [-0.39, 0.29) is 11.6 Å². The number of carboxylic acids is 1. The molecule has 0 radical (unpaired) electrons. The van der Waals surface area contributed by atoms with Gasteiger partial charge in [0, 0.05) is 4.90 Å². The average molecular weight is 433 g/mol. The summed E-state index contributed by atoms with van der Waals surface area (Å²) in [5, 5.41) is 10.1. The van der Waals surface area contributed by atoms with E-state index in [1.165, 1.54) is 36.0 Å². The van der Waals surface area contributed by atoms with E-state index >= 15 is 0 Å². The van der Waals surface area contributed by atoms with Crippen LogP contribution < -0.4 is 0 Å². The Kier molecular flexibility index (Phi) is 5.90. The van der Waals surface area contributed by atoms with E-state index in [1.54, 1.807) is 12.1 Å². The van der Waals surface area contributed by atoms with Gasteiger partial charge in [0.2, 0.25) is 0 Å². The van der Waals surface area contributed by atoms with Crippen LogP contribution in [0.1, 0.15) is 49.7 Å². The number of aliphatic carboxylic acids is 1. The molecule has 2 aliphatic carbocycles. The summed E-state index contributed by atoms with van der Waals surface area (Å²) in [5.74, 6) is -1.06. The molecule has 2 aromatic rings. The first-order valence-electron chi connectivity index (χ1n) is 10.4. The fraction of sp³-hybridized carbons (Fsp3) is 0.458. The van der Waals surface area contributed by atoms with Gasteiger partial charge in [-0.15, -0.1) is 11.8 Å². The van der Waals surface area contributed by atoms with Crippen molar-refractivity contribution in [3.05, 3.63) is 65.2 Å². The van der Waals surface area contributed by atoms with E-state index in [1.807, 2.05) is 12.3 Å². The lowest BCUT2D eigenvalue weighted by Gasteiger charge is -2.45. The van der Waals surface area contributed by atoms with Crippen molar-refractivity contribution < 1.29 is 23.4 Å². The maximum atomic E-state index is 14.3. The largest absolute Gasteiger partial charge is 0.481 e. The molecule has 0 aromatic heterocycles. The highest BCUT2D eigenvalue weighted by Gasteiger charge is 2.50. The van der Waals surface area contributed by atoms with Crippen LogP contribution in [-0.2, 0) is 20.5 Å². The molecule has 0 heterocycles. The number of ether oxygens (including phenoxy) is 1. The van der Waals surface area contributed by atoms with Crippen LogP contribution in [0.2, 0.25) is 0 Å². The Morgan fingerprint density at radius 3 is 2.27 bits per heavy atom. The smallest absolute Gasteiger partial charge is 0.314 e. The van der Waals surface area contributed by atoms with Crippen LogP contribution >= 0.6 is 11.8 Å². The number of halogens is 2. The molecule has 0 spiro atoms. The first-order valence-corrected chi connectivity index (χ1v) is 11.6. The molecule has 0 unspecified atom stereocenters. The van der Waals surface area contributed by atoms with Gasteiger partial charge in [0.1, 0.15) is 11.6 Å². The molecule has 30 heavy (non-hydrogen) atoms. The van der Waals surface area contributed by atoms with Gasteiger partial charge in [-0.3, -0.25) is 4.79 Å². The summed E-state index contributed by atoms with van der Waals surface area (Å²) in [6.45, 7) is 0.613. The lowest BCUT2D eigenvalue weighted by atomic mass is 9.63. The van der Waals surface area contributed by atoms with E-state index in [9.17, 15) is 18.7 Å². The molecule has 0 aliphatic heterocycles. The summed E-state index contributed by atoms with van der Waals surface area (Å²) in [6.07, 6.45) is 5.84. The van der Waals surface area contributed by atoms with E-state index in [0.29, 0.717) is 43.8 Å². The SMILES string of the molecule is CSc1cc(F)cc([C@]2(OCC3CC3)CC[C@](C(=O)O)(c3ccc(F)cc3)CC2)c1. The Bertz CT molecular complexity index is 917. The van der Waals surface area contributed by atoms with Crippen molar-refractivity contribution in [1.82, 2.24) is 0 Å². The zero-order valence-electron chi connectivity index (χ0n) is 17.0. The molecule has 0 amide bonds. The molecule has 6 heteroatoms. The quantitative estimate of drug-likeness (QED) is 0.553. The van der Waals surface area contributed by atoms with Gasteiger partial charge in [-0.25, -0.2) is 8.78 Å². The monoisotopic (exact) mass is 432 g/mol. The average Bonchev–Trinajstić information content (AvgIpc) is 3.57. The zero-order valence-corrected chi connectivity index (χ0v) is 17.8. The van der Waals surface area contributed by atoms with Gasteiger partial charge in [0.25, 0.3) is 0 Å². The third-order valence-electron chi connectivity index (χ3n) is 6.64. The Balaban J connectivity index is 1.67. The summed E-state index contributed by atoms with van der Waals surface area (Å²) in [4.78, 5) is 13.2. The topological polar surface area (TPSA) is 46.5 Å². The van der Waals surface area contributed by atoms with Gasteiger partial charge in [-0.05, 0) is 92.2 Å². The third-order valence-corrected chi connectivity index (χ3v) is 7.35. The Hall–Kier alpha value is -1.92. The van der Waals surface area contributed by atoms with Crippen LogP contribution in [0.25, 0.3) is 0 Å². The van der Waals surface area contributed by atoms with Crippen molar-refractivity contribution >= 4 is 17.7 Å². The van der Waals surface area contributed by atoms with E-state index in [2.05, 4.69) is 0 Å². The second-order valence-electron chi connectivity index (χ2n) is 8.52. The molecule has 1 N–H and O–H groups in total. The number of rotatable bonds is 7. The Labute approximate surface area is 179 Å². The predicted molar refractivity (Wildman–Crippen MR) is 113 cm³/mol. The zero-order chi connectivity index (χ0) is 21.4. The maximum Gasteiger partial charge on any atom is 0.314 e. The van der Waals surface area contributed by atoms with Gasteiger partial charge in [0.05, 0.1) is 17.6 Å². The second-order valence-corrected chi connectivity index (χ2v) is 9.40. The van der Waals surface area contributed by atoms with E-state index in [0.717, 1.165) is 23.3 Å². The maximum absolute atomic E-state index is 14.3. The third kappa shape index (κ3) is 4.12. The summed E-state index contributed by atoms with van der Waals surface area (Å²) in [7, 11) is 0. The first kappa shape index (κ1) is 21.3. The summed E-state index contributed by atoms with van der Waals surface area (Å²) in [5.41, 5.74) is -0.397. The summed E-state index contributed by atoms with van der Waals surface area (Å²) in [6, 6.07) is 10.7. The fourth-order valence-electron chi connectivity index (χ4n) is 4.50. The van der Waals surface area contributed by atoms with Crippen molar-refractivity contribution in [3.8, 4) is 0 Å². The molecule has 0 bridgehead atoms. The van der Waals surface area contributed by atoms with Crippen LogP contribution in [0.4, 0.5) is 8.78 Å². The van der Waals surface area contributed by atoms with Crippen molar-refractivity contribution in [2.45, 2.75) is 54.4 Å². The number of benzene rings is 2. The van der Waals surface area contributed by atoms with E-state index in [4.69, 9.17) is 4.74 Å². The van der Waals surface area contributed by atoms with Crippen LogP contribution in [0.5, 0.6) is 0 Å². The molecule has 2 fully saturated rings. The molecular formula is C24H26F2O3S. The van der Waals surface area contributed by atoms with Gasteiger partial charge in [-0.2, -0.15) is 0 Å². The highest BCUT2D eigenvalue weighted by molar-refractivity contribution is 7.98. The van der Waals surface area contributed by atoms with Gasteiger partial charge < -0.3 is 9.84 Å². The fourth-order valence-corrected chi connectivity index (χ4v) is 4.97. The number of hydrogen-bond donors (Lipinski definition) is 1. The minimum Gasteiger partial charge on any atom is -0.481 e. The molecule has 2 aromatic carbocycles. The molecule has 2 aliphatic rings. The van der Waals surface area contributed by atoms with Crippen molar-refractivity contribution in [3.63, 3.8) is 0 Å². The number of carbonyl (C=O) groups is 1. The molecule has 3 nitrogen and oxygen atoms in total. The molecule has 4 rings (SSSR count). The predicted octanol–water partition coefficient (Wildman–Crippen LogP) is 5.91. The highest BCUT2D eigenvalue weighted by atomic mass is 32.2. The Morgan fingerprint density at radius 1 is 1.03 bits per heavy atom. The van der Waals surface area contributed by atoms with E-state index < -0.39 is 17.0 Å². The lowest BCUT2D eigenvalue weighted by Crippen LogP contribution is -2.46. The standard InChI is InChI=1S/C24H26F2O3S/c1-30-21-13-18(12-20(26)14-21)24(29-15-16-2-3-16)10-8-23(9-11-24,22(27)28)17-4-6-19(25)7-5-17/h4-7,12-14,16H,2-3,8-11,15H2,1H3,(H,27,28)/t23-,24+. The highest BCUT2D eigenvalue weighted by Crippen LogP contribution is 2.50. The minimum absolute atomic E-state index is 0.306. The van der Waals surface area contributed by atoms with Crippen LogP contribution in [0.3, 0.4) is 0 Å². The minimum atomic E-state index is -1.09. The van der Waals surface area contributed by atoms with Crippen molar-refractivity contribution in [2.24, 2.45) is 5.92 Å². The first-order chi connectivity index (χ1) is 14.4. The molecule has 0 atom stereocenters. The van der Waals surface area contributed by atoms with Gasteiger partial charge in [-0.1, -0.05) is 12.1 Å².